The maximum absolute atomic E-state index is 5.98. The zero-order chi connectivity index (χ0) is 13.4. The average Bonchev–Trinajstić information content (AvgIpc) is 2.35. The Balaban J connectivity index is 2.31. The predicted octanol–water partition coefficient (Wildman–Crippen LogP) is 5.15. The van der Waals surface area contributed by atoms with E-state index in [-0.39, 0.29) is 6.10 Å². The largest absolute Gasteiger partial charge is 0.373 e. The summed E-state index contributed by atoms with van der Waals surface area (Å²) in [5, 5.41) is 0. The lowest BCUT2D eigenvalue weighted by Crippen LogP contribution is -2.07. The van der Waals surface area contributed by atoms with Crippen LogP contribution in [0, 0.1) is 9.49 Å². The van der Waals surface area contributed by atoms with Crippen LogP contribution in [0.2, 0.25) is 0 Å². The van der Waals surface area contributed by atoms with Crippen LogP contribution in [0.15, 0.2) is 24.3 Å². The summed E-state index contributed by atoms with van der Waals surface area (Å²) in [5.41, 5.74) is 1.30. The van der Waals surface area contributed by atoms with Gasteiger partial charge in [-0.3, -0.25) is 0 Å². The van der Waals surface area contributed by atoms with Gasteiger partial charge in [0.2, 0.25) is 0 Å². The van der Waals surface area contributed by atoms with Gasteiger partial charge in [0, 0.05) is 9.32 Å². The summed E-state index contributed by atoms with van der Waals surface area (Å²) in [7, 11) is 0. The number of rotatable bonds is 8. The molecule has 0 aliphatic carbocycles. The van der Waals surface area contributed by atoms with E-state index in [9.17, 15) is 0 Å². The van der Waals surface area contributed by atoms with Crippen molar-refractivity contribution >= 4 is 34.4 Å². The van der Waals surface area contributed by atoms with Gasteiger partial charge in [-0.15, -0.1) is 0 Å². The number of hydrogen-bond donors (Lipinski definition) is 0. The molecule has 0 fully saturated rings. The van der Waals surface area contributed by atoms with Crippen molar-refractivity contribution in [1.29, 1.82) is 0 Å². The summed E-state index contributed by atoms with van der Waals surface area (Å²) in [5.74, 6) is 3.09. The van der Waals surface area contributed by atoms with E-state index in [4.69, 9.17) is 4.74 Å². The summed E-state index contributed by atoms with van der Waals surface area (Å²) < 4.78 is 7.25. The number of ether oxygens (including phenoxy) is 1. The van der Waals surface area contributed by atoms with Crippen LogP contribution in [0.4, 0.5) is 0 Å². The van der Waals surface area contributed by atoms with E-state index in [2.05, 4.69) is 67.6 Å². The van der Waals surface area contributed by atoms with Crippen molar-refractivity contribution < 1.29 is 4.74 Å². The molecule has 0 aliphatic rings. The van der Waals surface area contributed by atoms with E-state index in [1.807, 2.05) is 11.8 Å². The van der Waals surface area contributed by atoms with Crippen LogP contribution >= 0.6 is 34.4 Å². The molecule has 0 saturated carbocycles. The number of benzene rings is 1. The minimum Gasteiger partial charge on any atom is -0.373 e. The molecule has 1 unspecified atom stereocenters. The lowest BCUT2D eigenvalue weighted by atomic mass is 10.1. The fourth-order valence-electron chi connectivity index (χ4n) is 1.70. The summed E-state index contributed by atoms with van der Waals surface area (Å²) in [6.07, 6.45) is 1.29. The molecule has 0 spiro atoms. The lowest BCUT2D eigenvalue weighted by molar-refractivity contribution is 0.0617. The van der Waals surface area contributed by atoms with Gasteiger partial charge in [0.15, 0.2) is 0 Å². The van der Waals surface area contributed by atoms with Gasteiger partial charge in [0.25, 0.3) is 0 Å². The van der Waals surface area contributed by atoms with Gasteiger partial charge in [-0.1, -0.05) is 32.9 Å². The third kappa shape index (κ3) is 6.43. The molecular weight excluding hydrogens is 355 g/mol. The molecule has 0 amide bonds. The predicted molar refractivity (Wildman–Crippen MR) is 90.3 cm³/mol. The Morgan fingerprint density at radius 2 is 1.89 bits per heavy atom. The molecule has 102 valence electrons. The van der Waals surface area contributed by atoms with Gasteiger partial charge in [-0.25, -0.2) is 0 Å². The molecule has 1 aromatic rings. The van der Waals surface area contributed by atoms with Gasteiger partial charge in [-0.05, 0) is 58.4 Å². The third-order valence-electron chi connectivity index (χ3n) is 2.61. The smallest absolute Gasteiger partial charge is 0.0822 e. The first kappa shape index (κ1) is 16.3. The van der Waals surface area contributed by atoms with Gasteiger partial charge in [0.05, 0.1) is 12.7 Å². The summed E-state index contributed by atoms with van der Waals surface area (Å²) in [4.78, 5) is 0. The Kier molecular flexibility index (Phi) is 8.35. The molecule has 1 rings (SSSR count). The maximum Gasteiger partial charge on any atom is 0.0822 e. The van der Waals surface area contributed by atoms with Crippen LogP contribution < -0.4 is 0 Å². The molecular formula is C15H23IOS. The average molecular weight is 378 g/mol. The number of hydrogen-bond acceptors (Lipinski definition) is 2. The minimum atomic E-state index is 0.252. The normalized spacial score (nSPS) is 12.9. The fourth-order valence-corrected chi connectivity index (χ4v) is 2.91. The summed E-state index contributed by atoms with van der Waals surface area (Å²) in [6.45, 7) is 7.55. The molecule has 1 atom stereocenters. The van der Waals surface area contributed by atoms with E-state index < -0.39 is 0 Å². The highest BCUT2D eigenvalue weighted by Gasteiger charge is 2.09. The van der Waals surface area contributed by atoms with E-state index >= 15 is 0 Å². The maximum atomic E-state index is 5.98. The van der Waals surface area contributed by atoms with Crippen molar-refractivity contribution in [3.63, 3.8) is 0 Å². The first-order valence-corrected chi connectivity index (χ1v) is 8.81. The molecule has 3 heteroatoms. The fraction of sp³-hybridized carbons (Fsp3) is 0.600. The standard InChI is InChI=1S/C15H23IOS/c1-4-15(13-5-7-14(16)8-6-13)17-9-10-18-11-12(2)3/h5-8,12,15H,4,9-11H2,1-3H3. The Hall–Kier alpha value is 0.260. The highest BCUT2D eigenvalue weighted by Crippen LogP contribution is 2.22. The Morgan fingerprint density at radius 1 is 1.22 bits per heavy atom. The second-order valence-electron chi connectivity index (χ2n) is 4.79. The van der Waals surface area contributed by atoms with Gasteiger partial charge in [-0.2, -0.15) is 11.8 Å². The topological polar surface area (TPSA) is 9.23 Å². The first-order valence-electron chi connectivity index (χ1n) is 6.58. The van der Waals surface area contributed by atoms with E-state index in [1.54, 1.807) is 0 Å². The Labute approximate surface area is 129 Å². The number of thioether (sulfide) groups is 1. The van der Waals surface area contributed by atoms with Crippen LogP contribution in [-0.4, -0.2) is 18.1 Å². The molecule has 0 bridgehead atoms. The van der Waals surface area contributed by atoms with Crippen LogP contribution in [0.5, 0.6) is 0 Å². The molecule has 0 radical (unpaired) electrons. The second-order valence-corrected chi connectivity index (χ2v) is 7.18. The van der Waals surface area contributed by atoms with Crippen LogP contribution in [0.3, 0.4) is 0 Å². The van der Waals surface area contributed by atoms with Gasteiger partial charge in [0.1, 0.15) is 0 Å². The highest BCUT2D eigenvalue weighted by molar-refractivity contribution is 14.1. The van der Waals surface area contributed by atoms with Crippen molar-refractivity contribution in [2.24, 2.45) is 5.92 Å². The van der Waals surface area contributed by atoms with Crippen molar-refractivity contribution in [3.05, 3.63) is 33.4 Å². The van der Waals surface area contributed by atoms with Crippen molar-refractivity contribution in [1.82, 2.24) is 0 Å². The molecule has 0 heterocycles. The molecule has 1 aromatic carbocycles. The van der Waals surface area contributed by atoms with Gasteiger partial charge < -0.3 is 4.74 Å². The van der Waals surface area contributed by atoms with Crippen LogP contribution in [0.25, 0.3) is 0 Å². The zero-order valence-electron chi connectivity index (χ0n) is 11.5. The monoisotopic (exact) mass is 378 g/mol. The summed E-state index contributed by atoms with van der Waals surface area (Å²) in [6, 6.07) is 8.65. The van der Waals surface area contributed by atoms with Crippen LogP contribution in [-0.2, 0) is 4.74 Å². The quantitative estimate of drug-likeness (QED) is 0.457. The molecule has 0 aromatic heterocycles. The van der Waals surface area contributed by atoms with Crippen molar-refractivity contribution in [2.75, 3.05) is 18.1 Å². The molecule has 18 heavy (non-hydrogen) atoms. The second kappa shape index (κ2) is 9.21. The Bertz CT molecular complexity index is 324. The molecule has 1 nitrogen and oxygen atoms in total. The lowest BCUT2D eigenvalue weighted by Gasteiger charge is -2.16. The third-order valence-corrected chi connectivity index (χ3v) is 4.69. The molecule has 0 saturated heterocycles. The number of halogens is 1. The van der Waals surface area contributed by atoms with E-state index in [1.165, 1.54) is 14.9 Å². The van der Waals surface area contributed by atoms with Crippen molar-refractivity contribution in [2.45, 2.75) is 33.3 Å². The van der Waals surface area contributed by atoms with Crippen molar-refractivity contribution in [3.8, 4) is 0 Å². The highest BCUT2D eigenvalue weighted by atomic mass is 127. The van der Waals surface area contributed by atoms with Crippen LogP contribution in [0.1, 0.15) is 38.9 Å². The first-order chi connectivity index (χ1) is 8.63. The van der Waals surface area contributed by atoms with Gasteiger partial charge >= 0.3 is 0 Å². The Morgan fingerprint density at radius 3 is 2.44 bits per heavy atom. The SMILES string of the molecule is CCC(OCCSCC(C)C)c1ccc(I)cc1. The van der Waals surface area contributed by atoms with E-state index in [0.717, 1.165) is 24.7 Å². The molecule has 0 N–H and O–H groups in total. The van der Waals surface area contributed by atoms with E-state index in [0.29, 0.717) is 0 Å². The molecule has 0 aliphatic heterocycles. The zero-order valence-corrected chi connectivity index (χ0v) is 14.5. The summed E-state index contributed by atoms with van der Waals surface area (Å²) >= 11 is 4.32. The minimum absolute atomic E-state index is 0.252.